The molecule has 0 aromatic heterocycles. The molecule has 1 heterocycles. The van der Waals surface area contributed by atoms with Gasteiger partial charge in [0.1, 0.15) is 0 Å². The van der Waals surface area contributed by atoms with Gasteiger partial charge in [-0.25, -0.2) is 0 Å². The minimum atomic E-state index is 0.578. The molecule has 1 aliphatic heterocycles. The second-order valence-electron chi connectivity index (χ2n) is 7.93. The number of unbranched alkanes of at least 4 members (excludes halogenated alkanes) is 2. The maximum absolute atomic E-state index is 4.03. The Hall–Kier alpha value is 0.660. The zero-order valence-electron chi connectivity index (χ0n) is 14.3. The van der Waals surface area contributed by atoms with Crippen LogP contribution in [-0.4, -0.2) is 34.0 Å². The van der Waals surface area contributed by atoms with Crippen LogP contribution in [0.25, 0.3) is 0 Å². The second-order valence-corrected chi connectivity index (χ2v) is 11.0. The predicted molar refractivity (Wildman–Crippen MR) is 102 cm³/mol. The Morgan fingerprint density at radius 3 is 1.68 bits per heavy atom. The molecule has 0 unspecified atom stereocenters. The van der Waals surface area contributed by atoms with Gasteiger partial charge < -0.3 is 4.90 Å². The maximum atomic E-state index is 4.03. The Labute approximate surface area is 146 Å². The normalized spacial score (nSPS) is 28.8. The Bertz CT molecular complexity index is 304. The summed E-state index contributed by atoms with van der Waals surface area (Å²) in [6, 6.07) is 0. The second kappa shape index (κ2) is 8.16. The summed E-state index contributed by atoms with van der Waals surface area (Å²) >= 11 is 0. The van der Waals surface area contributed by atoms with Crippen LogP contribution in [0.4, 0.5) is 0 Å². The summed E-state index contributed by atoms with van der Waals surface area (Å²) in [5.74, 6) is 0. The first-order valence-corrected chi connectivity index (χ1v) is 11.8. The van der Waals surface area contributed by atoms with Crippen molar-refractivity contribution in [3.05, 3.63) is 6.92 Å². The fourth-order valence-electron chi connectivity index (χ4n) is 4.65. The fraction of sp³-hybridized carbons (Fsp3) is 0.947. The Kier molecular flexibility index (Phi) is 6.48. The number of hydrogen-bond donors (Lipinski definition) is 0. The van der Waals surface area contributed by atoms with Crippen molar-refractivity contribution >= 4 is 21.6 Å². The van der Waals surface area contributed by atoms with Crippen molar-refractivity contribution in [1.82, 2.24) is 4.90 Å². The van der Waals surface area contributed by atoms with Crippen LogP contribution in [0.1, 0.15) is 83.5 Å². The van der Waals surface area contributed by atoms with E-state index in [0.717, 1.165) is 6.42 Å². The molecule has 3 rings (SSSR count). The zero-order valence-corrected chi connectivity index (χ0v) is 15.9. The summed E-state index contributed by atoms with van der Waals surface area (Å²) in [7, 11) is 4.64. The van der Waals surface area contributed by atoms with Crippen LogP contribution in [-0.2, 0) is 0 Å². The van der Waals surface area contributed by atoms with E-state index in [1.54, 1.807) is 0 Å². The maximum Gasteiger partial charge on any atom is 0.0390 e. The number of nitrogens with zero attached hydrogens (tertiary/aromatic N) is 1. The van der Waals surface area contributed by atoms with Crippen molar-refractivity contribution < 1.29 is 0 Å². The topological polar surface area (TPSA) is 3.24 Å². The number of rotatable bonds is 4. The highest BCUT2D eigenvalue weighted by atomic mass is 33.1. The van der Waals surface area contributed by atoms with Gasteiger partial charge in [0.15, 0.2) is 0 Å². The predicted octanol–water partition coefficient (Wildman–Crippen LogP) is 6.09. The van der Waals surface area contributed by atoms with Gasteiger partial charge in [-0.05, 0) is 38.6 Å². The van der Waals surface area contributed by atoms with Gasteiger partial charge in [0.25, 0.3) is 0 Å². The molecule has 3 heteroatoms. The molecule has 2 saturated carbocycles. The molecule has 3 aliphatic rings. The summed E-state index contributed by atoms with van der Waals surface area (Å²) in [4.78, 5) is 2.87. The third-order valence-electron chi connectivity index (χ3n) is 5.92. The van der Waals surface area contributed by atoms with Crippen LogP contribution < -0.4 is 0 Å². The van der Waals surface area contributed by atoms with E-state index in [-0.39, 0.29) is 0 Å². The molecule has 1 saturated heterocycles. The highest BCUT2D eigenvalue weighted by Gasteiger charge is 2.44. The molecule has 1 radical (unpaired) electrons. The third kappa shape index (κ3) is 4.39. The lowest BCUT2D eigenvalue weighted by Crippen LogP contribution is -2.45. The Morgan fingerprint density at radius 2 is 1.23 bits per heavy atom. The molecule has 1 nitrogen and oxygen atoms in total. The molecule has 3 fully saturated rings. The molecule has 2 aliphatic carbocycles. The first kappa shape index (κ1) is 17.5. The van der Waals surface area contributed by atoms with Crippen molar-refractivity contribution in [3.8, 4) is 0 Å². The van der Waals surface area contributed by atoms with E-state index in [0.29, 0.717) is 9.49 Å². The van der Waals surface area contributed by atoms with Gasteiger partial charge in [0, 0.05) is 22.6 Å². The molecule has 0 aromatic rings. The average molecular weight is 341 g/mol. The molecule has 0 atom stereocenters. The van der Waals surface area contributed by atoms with E-state index in [2.05, 4.69) is 33.4 Å². The van der Waals surface area contributed by atoms with Crippen LogP contribution in [0.5, 0.6) is 0 Å². The molecule has 0 aromatic carbocycles. The van der Waals surface area contributed by atoms with Crippen molar-refractivity contribution in [2.75, 3.05) is 19.6 Å². The van der Waals surface area contributed by atoms with Crippen molar-refractivity contribution in [2.24, 2.45) is 0 Å². The van der Waals surface area contributed by atoms with Crippen LogP contribution in [0.2, 0.25) is 0 Å². The molecule has 127 valence electrons. The van der Waals surface area contributed by atoms with Gasteiger partial charge in [0.05, 0.1) is 0 Å². The van der Waals surface area contributed by atoms with E-state index in [4.69, 9.17) is 0 Å². The largest absolute Gasteiger partial charge is 0.301 e. The van der Waals surface area contributed by atoms with E-state index >= 15 is 0 Å². The molecular formula is C19H34NS2. The minimum Gasteiger partial charge on any atom is -0.301 e. The lowest BCUT2D eigenvalue weighted by Gasteiger charge is -2.38. The van der Waals surface area contributed by atoms with Gasteiger partial charge >= 0.3 is 0 Å². The molecule has 2 spiro atoms. The summed E-state index contributed by atoms with van der Waals surface area (Å²) in [5, 5.41) is 0. The lowest BCUT2D eigenvalue weighted by atomic mass is 9.85. The SMILES string of the molecule is [CH2]CCCCN1CC2(CCCCC2)SSC2(CCCCC2)C1. The van der Waals surface area contributed by atoms with Crippen LogP contribution in [0.15, 0.2) is 0 Å². The number of hydrogen-bond acceptors (Lipinski definition) is 3. The van der Waals surface area contributed by atoms with Crippen molar-refractivity contribution in [3.63, 3.8) is 0 Å². The van der Waals surface area contributed by atoms with Gasteiger partial charge in [-0.15, -0.1) is 0 Å². The fourth-order valence-corrected chi connectivity index (χ4v) is 8.76. The van der Waals surface area contributed by atoms with Gasteiger partial charge in [-0.2, -0.15) is 0 Å². The van der Waals surface area contributed by atoms with Crippen molar-refractivity contribution in [1.29, 1.82) is 0 Å². The zero-order chi connectivity index (χ0) is 15.3. The molecule has 22 heavy (non-hydrogen) atoms. The van der Waals surface area contributed by atoms with E-state index in [9.17, 15) is 0 Å². The van der Waals surface area contributed by atoms with Gasteiger partial charge in [-0.1, -0.05) is 79.9 Å². The van der Waals surface area contributed by atoms with E-state index in [1.165, 1.54) is 96.7 Å². The first-order valence-electron chi connectivity index (χ1n) is 9.64. The molecule has 0 bridgehead atoms. The summed E-state index contributed by atoms with van der Waals surface area (Å²) in [6.45, 7) is 8.08. The smallest absolute Gasteiger partial charge is 0.0390 e. The van der Waals surface area contributed by atoms with E-state index < -0.39 is 0 Å². The summed E-state index contributed by atoms with van der Waals surface area (Å²) in [5.41, 5.74) is 0. The first-order chi connectivity index (χ1) is 10.8. The Balaban J connectivity index is 1.69. The van der Waals surface area contributed by atoms with E-state index in [1.807, 2.05) is 0 Å². The summed E-state index contributed by atoms with van der Waals surface area (Å²) in [6.07, 6.45) is 18.4. The van der Waals surface area contributed by atoms with Crippen molar-refractivity contribution in [2.45, 2.75) is 93.0 Å². The lowest BCUT2D eigenvalue weighted by molar-refractivity contribution is 0.187. The quantitative estimate of drug-likeness (QED) is 0.450. The van der Waals surface area contributed by atoms with Gasteiger partial charge in [0.2, 0.25) is 0 Å². The van der Waals surface area contributed by atoms with Crippen LogP contribution >= 0.6 is 21.6 Å². The molecule has 0 amide bonds. The highest BCUT2D eigenvalue weighted by Crippen LogP contribution is 2.56. The van der Waals surface area contributed by atoms with Gasteiger partial charge in [-0.3, -0.25) is 0 Å². The average Bonchev–Trinajstić information content (AvgIpc) is 2.68. The minimum absolute atomic E-state index is 0.578. The highest BCUT2D eigenvalue weighted by molar-refractivity contribution is 8.77. The van der Waals surface area contributed by atoms with Crippen LogP contribution in [0.3, 0.4) is 0 Å². The monoisotopic (exact) mass is 340 g/mol. The third-order valence-corrected chi connectivity index (χ3v) is 10.2. The molecule has 0 N–H and O–H groups in total. The Morgan fingerprint density at radius 1 is 0.727 bits per heavy atom. The molecular weight excluding hydrogens is 306 g/mol. The standard InChI is InChI=1S/C19H34NS2/c1-2-3-10-15-20-16-18(11-6-4-7-12-18)21-22-19(17-20)13-8-5-9-14-19/h1-17H2. The van der Waals surface area contributed by atoms with Crippen LogP contribution in [0, 0.1) is 6.92 Å². The summed E-state index contributed by atoms with van der Waals surface area (Å²) < 4.78 is 1.16.